The fourth-order valence-electron chi connectivity index (χ4n) is 3.53. The van der Waals surface area contributed by atoms with Gasteiger partial charge in [0.25, 0.3) is 0 Å². The highest BCUT2D eigenvalue weighted by atomic mass is 15.0. The maximum Gasteiger partial charge on any atom is 0.00890 e. The van der Waals surface area contributed by atoms with E-state index in [0.29, 0.717) is 10.8 Å². The second kappa shape index (κ2) is 2.60. The molecule has 3 aliphatic rings. The summed E-state index contributed by atoms with van der Waals surface area (Å²) in [7, 11) is 0. The van der Waals surface area contributed by atoms with Crippen molar-refractivity contribution in [1.82, 2.24) is 5.32 Å². The van der Waals surface area contributed by atoms with Gasteiger partial charge in [0, 0.05) is 18.5 Å². The van der Waals surface area contributed by atoms with Crippen LogP contribution in [0.25, 0.3) is 0 Å². The summed E-state index contributed by atoms with van der Waals surface area (Å²) in [5, 5.41) is 3.56. The van der Waals surface area contributed by atoms with E-state index in [4.69, 9.17) is 0 Å². The van der Waals surface area contributed by atoms with Gasteiger partial charge in [0.15, 0.2) is 0 Å². The van der Waals surface area contributed by atoms with Crippen molar-refractivity contribution in [2.24, 2.45) is 5.41 Å². The number of nitrogens with one attached hydrogen (secondary N) is 1. The normalized spacial score (nSPS) is 40.4. The molecule has 2 bridgehead atoms. The minimum atomic E-state index is 0.467. The van der Waals surface area contributed by atoms with Gasteiger partial charge in [0.05, 0.1) is 0 Å². The number of hydrogen-bond acceptors (Lipinski definition) is 1. The van der Waals surface area contributed by atoms with Crippen LogP contribution in [0, 0.1) is 5.41 Å². The third kappa shape index (κ3) is 1.05. The molecule has 1 aromatic rings. The van der Waals surface area contributed by atoms with Gasteiger partial charge in [-0.3, -0.25) is 0 Å². The Morgan fingerprint density at radius 3 is 2.43 bits per heavy atom. The summed E-state index contributed by atoms with van der Waals surface area (Å²) in [6, 6.07) is 11.0. The zero-order chi connectivity index (χ0) is 9.65. The lowest BCUT2D eigenvalue weighted by Gasteiger charge is -2.60. The molecule has 0 atom stereocenters. The van der Waals surface area contributed by atoms with E-state index < -0.39 is 0 Å². The van der Waals surface area contributed by atoms with Gasteiger partial charge in [0.1, 0.15) is 0 Å². The van der Waals surface area contributed by atoms with Crippen molar-refractivity contribution in [1.29, 1.82) is 0 Å². The van der Waals surface area contributed by atoms with Crippen LogP contribution in [0.1, 0.15) is 25.3 Å². The lowest BCUT2D eigenvalue weighted by molar-refractivity contribution is -0.00190. The van der Waals surface area contributed by atoms with E-state index in [-0.39, 0.29) is 0 Å². The summed E-state index contributed by atoms with van der Waals surface area (Å²) in [5.41, 5.74) is 2.58. The monoisotopic (exact) mass is 187 g/mol. The second-order valence-electron chi connectivity index (χ2n) is 5.41. The Labute approximate surface area is 85.5 Å². The molecule has 14 heavy (non-hydrogen) atoms. The average molecular weight is 187 g/mol. The first-order valence-corrected chi connectivity index (χ1v) is 5.49. The van der Waals surface area contributed by atoms with Crippen LogP contribution in [-0.4, -0.2) is 13.1 Å². The quantitative estimate of drug-likeness (QED) is 0.711. The van der Waals surface area contributed by atoms with Crippen molar-refractivity contribution in [2.45, 2.75) is 25.2 Å². The molecule has 0 aromatic heterocycles. The van der Waals surface area contributed by atoms with Crippen LogP contribution in [-0.2, 0) is 5.41 Å². The molecule has 1 aliphatic carbocycles. The minimum Gasteiger partial charge on any atom is -0.315 e. The molecule has 1 saturated carbocycles. The molecule has 3 fully saturated rings. The molecular formula is C13H17N. The largest absolute Gasteiger partial charge is 0.315 e. The van der Waals surface area contributed by atoms with E-state index in [1.165, 1.54) is 31.5 Å². The Hall–Kier alpha value is -0.820. The zero-order valence-electron chi connectivity index (χ0n) is 8.72. The van der Waals surface area contributed by atoms with Gasteiger partial charge in [-0.25, -0.2) is 0 Å². The van der Waals surface area contributed by atoms with E-state index in [9.17, 15) is 0 Å². The topological polar surface area (TPSA) is 12.0 Å². The molecule has 1 aromatic carbocycles. The van der Waals surface area contributed by atoms with Crippen molar-refractivity contribution in [3.8, 4) is 0 Å². The van der Waals surface area contributed by atoms with E-state index in [2.05, 4.69) is 42.6 Å². The second-order valence-corrected chi connectivity index (χ2v) is 5.41. The van der Waals surface area contributed by atoms with Gasteiger partial charge in [-0.05, 0) is 23.8 Å². The minimum absolute atomic E-state index is 0.467. The number of hydrogen-bond donors (Lipinski definition) is 1. The van der Waals surface area contributed by atoms with E-state index in [0.717, 1.165) is 0 Å². The Balaban J connectivity index is 1.93. The molecule has 4 rings (SSSR count). The Kier molecular flexibility index (Phi) is 1.58. The lowest BCUT2D eigenvalue weighted by Crippen LogP contribution is -2.62. The third-order valence-electron chi connectivity index (χ3n) is 3.93. The molecule has 0 radical (unpaired) electrons. The smallest absolute Gasteiger partial charge is 0.00890 e. The van der Waals surface area contributed by atoms with Gasteiger partial charge in [-0.2, -0.15) is 0 Å². The van der Waals surface area contributed by atoms with Gasteiger partial charge in [-0.15, -0.1) is 0 Å². The first-order chi connectivity index (χ1) is 6.73. The van der Waals surface area contributed by atoms with Crippen LogP contribution in [0.3, 0.4) is 0 Å². The van der Waals surface area contributed by atoms with Gasteiger partial charge in [0.2, 0.25) is 0 Å². The van der Waals surface area contributed by atoms with E-state index in [1.54, 1.807) is 0 Å². The Morgan fingerprint density at radius 2 is 1.79 bits per heavy atom. The van der Waals surface area contributed by atoms with Crippen LogP contribution in [0.5, 0.6) is 0 Å². The maximum atomic E-state index is 3.56. The molecule has 2 saturated heterocycles. The standard InChI is InChI=1S/C13H17N/c1-12-7-13(8-12,10-14-9-12)11-5-3-2-4-6-11/h2-6,14H,7-10H2,1H3. The molecular weight excluding hydrogens is 170 g/mol. The predicted octanol–water partition coefficient (Wildman–Crippen LogP) is 2.33. The molecule has 1 heteroatoms. The number of benzene rings is 1. The summed E-state index contributed by atoms with van der Waals surface area (Å²) in [5.74, 6) is 0. The summed E-state index contributed by atoms with van der Waals surface area (Å²) in [6.45, 7) is 4.79. The van der Waals surface area contributed by atoms with E-state index >= 15 is 0 Å². The molecule has 0 unspecified atom stereocenters. The first kappa shape index (κ1) is 8.49. The van der Waals surface area contributed by atoms with E-state index in [1.807, 2.05) is 0 Å². The molecule has 1 N–H and O–H groups in total. The summed E-state index contributed by atoms with van der Waals surface area (Å²) in [4.78, 5) is 0. The van der Waals surface area contributed by atoms with Gasteiger partial charge in [-0.1, -0.05) is 37.3 Å². The molecule has 2 heterocycles. The highest BCUT2D eigenvalue weighted by molar-refractivity contribution is 5.32. The van der Waals surface area contributed by atoms with Crippen molar-refractivity contribution < 1.29 is 0 Å². The number of piperidine rings is 2. The van der Waals surface area contributed by atoms with Crippen molar-refractivity contribution >= 4 is 0 Å². The SMILES string of the molecule is CC12CNCC(c3ccccc3)(C1)C2. The number of rotatable bonds is 1. The van der Waals surface area contributed by atoms with Crippen LogP contribution in [0.4, 0.5) is 0 Å². The van der Waals surface area contributed by atoms with Crippen molar-refractivity contribution in [2.75, 3.05) is 13.1 Å². The summed E-state index contributed by atoms with van der Waals surface area (Å²) >= 11 is 0. The van der Waals surface area contributed by atoms with Crippen LogP contribution < -0.4 is 5.32 Å². The van der Waals surface area contributed by atoms with Gasteiger partial charge < -0.3 is 5.32 Å². The summed E-state index contributed by atoms with van der Waals surface area (Å²) < 4.78 is 0. The molecule has 0 amide bonds. The van der Waals surface area contributed by atoms with Crippen LogP contribution in [0.15, 0.2) is 30.3 Å². The van der Waals surface area contributed by atoms with Crippen molar-refractivity contribution in [3.05, 3.63) is 35.9 Å². The highest BCUT2D eigenvalue weighted by Gasteiger charge is 2.55. The highest BCUT2D eigenvalue weighted by Crippen LogP contribution is 2.57. The number of fused-ring (bicyclic) bond motifs is 2. The molecule has 0 spiro atoms. The lowest BCUT2D eigenvalue weighted by atomic mass is 9.49. The maximum absolute atomic E-state index is 3.56. The zero-order valence-corrected chi connectivity index (χ0v) is 8.72. The fraction of sp³-hybridized carbons (Fsp3) is 0.538. The molecule has 2 aliphatic heterocycles. The third-order valence-corrected chi connectivity index (χ3v) is 3.93. The Morgan fingerprint density at radius 1 is 1.07 bits per heavy atom. The molecule has 1 nitrogen and oxygen atoms in total. The fourth-order valence-corrected chi connectivity index (χ4v) is 3.53. The van der Waals surface area contributed by atoms with Crippen LogP contribution in [0.2, 0.25) is 0 Å². The average Bonchev–Trinajstić information content (AvgIpc) is 2.18. The van der Waals surface area contributed by atoms with Crippen molar-refractivity contribution in [3.63, 3.8) is 0 Å². The molecule has 74 valence electrons. The first-order valence-electron chi connectivity index (χ1n) is 5.49. The predicted molar refractivity (Wildman–Crippen MR) is 58.3 cm³/mol. The van der Waals surface area contributed by atoms with Gasteiger partial charge >= 0.3 is 0 Å². The Bertz CT molecular complexity index is 336. The van der Waals surface area contributed by atoms with Crippen LogP contribution >= 0.6 is 0 Å². The summed E-state index contributed by atoms with van der Waals surface area (Å²) in [6.07, 6.45) is 2.74.